The van der Waals surface area contributed by atoms with Crippen molar-refractivity contribution < 1.29 is 14.2 Å². The second-order valence-electron chi connectivity index (χ2n) is 4.35. The van der Waals surface area contributed by atoms with E-state index < -0.39 is 0 Å². The summed E-state index contributed by atoms with van der Waals surface area (Å²) in [4.78, 5) is 4.22. The molecule has 0 unspecified atom stereocenters. The van der Waals surface area contributed by atoms with Crippen molar-refractivity contribution in [2.24, 2.45) is 0 Å². The van der Waals surface area contributed by atoms with E-state index in [1.165, 1.54) is 12.1 Å². The van der Waals surface area contributed by atoms with Crippen LogP contribution in [0.3, 0.4) is 0 Å². The van der Waals surface area contributed by atoms with Gasteiger partial charge in [0, 0.05) is 17.1 Å². The molecule has 0 saturated carbocycles. The van der Waals surface area contributed by atoms with Gasteiger partial charge in [-0.1, -0.05) is 18.2 Å². The monoisotopic (exact) mass is 269 g/mol. The first-order chi connectivity index (χ1) is 9.78. The highest BCUT2D eigenvalue weighted by atomic mass is 19.1. The molecule has 0 spiro atoms. The SMILES string of the molecule is OCc1cnc(Oc2ccc(F)cc2)c2ccccc12. The van der Waals surface area contributed by atoms with Gasteiger partial charge in [-0.2, -0.15) is 0 Å². The van der Waals surface area contributed by atoms with Crippen molar-refractivity contribution in [2.45, 2.75) is 6.61 Å². The molecule has 0 fully saturated rings. The van der Waals surface area contributed by atoms with E-state index in [2.05, 4.69) is 4.98 Å². The van der Waals surface area contributed by atoms with E-state index >= 15 is 0 Å². The summed E-state index contributed by atoms with van der Waals surface area (Å²) < 4.78 is 18.6. The third kappa shape index (κ3) is 2.33. The molecule has 100 valence electrons. The van der Waals surface area contributed by atoms with Gasteiger partial charge in [0.25, 0.3) is 0 Å². The highest BCUT2D eigenvalue weighted by Crippen LogP contribution is 2.29. The number of rotatable bonds is 3. The second kappa shape index (κ2) is 5.27. The minimum Gasteiger partial charge on any atom is -0.438 e. The van der Waals surface area contributed by atoms with Crippen LogP contribution in [0.25, 0.3) is 10.8 Å². The van der Waals surface area contributed by atoms with Gasteiger partial charge in [-0.05, 0) is 35.7 Å². The number of aliphatic hydroxyl groups excluding tert-OH is 1. The van der Waals surface area contributed by atoms with Gasteiger partial charge < -0.3 is 9.84 Å². The number of ether oxygens (including phenoxy) is 1. The maximum Gasteiger partial charge on any atom is 0.227 e. The summed E-state index contributed by atoms with van der Waals surface area (Å²) in [6.45, 7) is -0.0790. The number of hydrogen-bond acceptors (Lipinski definition) is 3. The van der Waals surface area contributed by atoms with E-state index in [-0.39, 0.29) is 12.4 Å². The molecule has 3 aromatic rings. The number of pyridine rings is 1. The largest absolute Gasteiger partial charge is 0.438 e. The quantitative estimate of drug-likeness (QED) is 0.789. The van der Waals surface area contributed by atoms with E-state index in [0.29, 0.717) is 11.6 Å². The predicted molar refractivity (Wildman–Crippen MR) is 74.1 cm³/mol. The molecule has 0 aliphatic carbocycles. The first kappa shape index (κ1) is 12.6. The number of aliphatic hydroxyl groups is 1. The van der Waals surface area contributed by atoms with E-state index in [4.69, 9.17) is 4.74 Å². The Labute approximate surface area is 115 Å². The van der Waals surface area contributed by atoms with Gasteiger partial charge in [0.05, 0.1) is 6.61 Å². The zero-order valence-corrected chi connectivity index (χ0v) is 10.6. The molecule has 1 N–H and O–H groups in total. The van der Waals surface area contributed by atoms with Crippen LogP contribution in [0.15, 0.2) is 54.7 Å². The number of hydrogen-bond donors (Lipinski definition) is 1. The molecule has 4 heteroatoms. The lowest BCUT2D eigenvalue weighted by atomic mass is 10.1. The van der Waals surface area contributed by atoms with Crippen LogP contribution in [0.4, 0.5) is 4.39 Å². The Morgan fingerprint density at radius 1 is 1.00 bits per heavy atom. The molecule has 2 aromatic carbocycles. The fraction of sp³-hybridized carbons (Fsp3) is 0.0625. The first-order valence-electron chi connectivity index (χ1n) is 6.19. The van der Waals surface area contributed by atoms with Crippen LogP contribution < -0.4 is 4.74 Å². The van der Waals surface area contributed by atoms with Gasteiger partial charge in [-0.3, -0.25) is 0 Å². The molecular formula is C16H12FNO2. The van der Waals surface area contributed by atoms with Crippen molar-refractivity contribution in [3.05, 3.63) is 66.1 Å². The Bertz CT molecular complexity index is 741. The molecule has 1 heterocycles. The third-order valence-electron chi connectivity index (χ3n) is 3.04. The average Bonchev–Trinajstić information content (AvgIpc) is 2.50. The van der Waals surface area contributed by atoms with Gasteiger partial charge in [0.15, 0.2) is 0 Å². The number of nitrogens with zero attached hydrogens (tertiary/aromatic N) is 1. The fourth-order valence-corrected chi connectivity index (χ4v) is 2.05. The standard InChI is InChI=1S/C16H12FNO2/c17-12-5-7-13(8-6-12)20-16-15-4-2-1-3-14(15)11(10-19)9-18-16/h1-9,19H,10H2. The van der Waals surface area contributed by atoms with Crippen LogP contribution in [0.2, 0.25) is 0 Å². The van der Waals surface area contributed by atoms with E-state index in [1.54, 1.807) is 18.3 Å². The van der Waals surface area contributed by atoms with Crippen molar-refractivity contribution in [3.63, 3.8) is 0 Å². The van der Waals surface area contributed by atoms with Crippen molar-refractivity contribution in [2.75, 3.05) is 0 Å². The second-order valence-corrected chi connectivity index (χ2v) is 4.35. The maximum atomic E-state index is 12.9. The van der Waals surface area contributed by atoms with E-state index in [0.717, 1.165) is 16.3 Å². The summed E-state index contributed by atoms with van der Waals surface area (Å²) in [6.07, 6.45) is 1.58. The van der Waals surface area contributed by atoms with Crippen LogP contribution in [0.5, 0.6) is 11.6 Å². The van der Waals surface area contributed by atoms with E-state index in [1.807, 2.05) is 24.3 Å². The van der Waals surface area contributed by atoms with Gasteiger partial charge >= 0.3 is 0 Å². The molecule has 3 rings (SSSR count). The predicted octanol–water partition coefficient (Wildman–Crippen LogP) is 3.66. The molecule has 0 saturated heterocycles. The van der Waals surface area contributed by atoms with Gasteiger partial charge in [-0.25, -0.2) is 9.37 Å². The zero-order chi connectivity index (χ0) is 13.9. The fourth-order valence-electron chi connectivity index (χ4n) is 2.05. The Kier molecular flexibility index (Phi) is 3.31. The van der Waals surface area contributed by atoms with Crippen LogP contribution in [0.1, 0.15) is 5.56 Å². The highest BCUT2D eigenvalue weighted by molar-refractivity contribution is 5.89. The van der Waals surface area contributed by atoms with Crippen LogP contribution >= 0.6 is 0 Å². The summed E-state index contributed by atoms with van der Waals surface area (Å²) >= 11 is 0. The van der Waals surface area contributed by atoms with Crippen molar-refractivity contribution in [3.8, 4) is 11.6 Å². The van der Waals surface area contributed by atoms with Crippen LogP contribution in [-0.4, -0.2) is 10.1 Å². The molecule has 0 aliphatic heterocycles. The number of fused-ring (bicyclic) bond motifs is 1. The summed E-state index contributed by atoms with van der Waals surface area (Å²) in [5, 5.41) is 11.0. The molecule has 20 heavy (non-hydrogen) atoms. The van der Waals surface area contributed by atoms with Gasteiger partial charge in [0.1, 0.15) is 11.6 Å². The summed E-state index contributed by atoms with van der Waals surface area (Å²) in [7, 11) is 0. The molecule has 3 nitrogen and oxygen atoms in total. The molecule has 0 aliphatic rings. The summed E-state index contributed by atoms with van der Waals surface area (Å²) in [6, 6.07) is 13.3. The number of halogens is 1. The first-order valence-corrected chi connectivity index (χ1v) is 6.19. The normalized spacial score (nSPS) is 10.7. The lowest BCUT2D eigenvalue weighted by Gasteiger charge is -2.10. The molecule has 0 bridgehead atoms. The number of benzene rings is 2. The Hall–Kier alpha value is -2.46. The maximum absolute atomic E-state index is 12.9. The molecule has 0 radical (unpaired) electrons. The zero-order valence-electron chi connectivity index (χ0n) is 10.6. The van der Waals surface area contributed by atoms with Crippen molar-refractivity contribution in [1.82, 2.24) is 4.98 Å². The minimum atomic E-state index is -0.314. The highest BCUT2D eigenvalue weighted by Gasteiger charge is 2.08. The molecule has 1 aromatic heterocycles. The molecule has 0 atom stereocenters. The Morgan fingerprint density at radius 2 is 1.70 bits per heavy atom. The topological polar surface area (TPSA) is 42.4 Å². The Balaban J connectivity index is 2.06. The number of aromatic nitrogens is 1. The van der Waals surface area contributed by atoms with Crippen LogP contribution in [0, 0.1) is 5.82 Å². The minimum absolute atomic E-state index is 0.0790. The Morgan fingerprint density at radius 3 is 2.40 bits per heavy atom. The van der Waals surface area contributed by atoms with Gasteiger partial charge in [0.2, 0.25) is 5.88 Å². The summed E-state index contributed by atoms with van der Waals surface area (Å²) in [5.41, 5.74) is 0.743. The lowest BCUT2D eigenvalue weighted by molar-refractivity contribution is 0.283. The lowest BCUT2D eigenvalue weighted by Crippen LogP contribution is -1.94. The van der Waals surface area contributed by atoms with Crippen LogP contribution in [-0.2, 0) is 6.61 Å². The smallest absolute Gasteiger partial charge is 0.227 e. The third-order valence-corrected chi connectivity index (χ3v) is 3.04. The van der Waals surface area contributed by atoms with Crippen molar-refractivity contribution in [1.29, 1.82) is 0 Å². The summed E-state index contributed by atoms with van der Waals surface area (Å²) in [5.74, 6) is 0.635. The molecular weight excluding hydrogens is 257 g/mol. The molecule has 0 amide bonds. The van der Waals surface area contributed by atoms with Gasteiger partial charge in [-0.15, -0.1) is 0 Å². The average molecular weight is 269 g/mol. The van der Waals surface area contributed by atoms with E-state index in [9.17, 15) is 9.50 Å². The van der Waals surface area contributed by atoms with Crippen molar-refractivity contribution >= 4 is 10.8 Å².